The number of hydrogen-bond acceptors (Lipinski definition) is 4. The second-order valence-electron chi connectivity index (χ2n) is 0.896. The van der Waals surface area contributed by atoms with E-state index < -0.39 is 24.0 Å². The zero-order valence-electron chi connectivity index (χ0n) is 5.97. The van der Waals surface area contributed by atoms with E-state index in [1.165, 1.54) is 0 Å². The van der Waals surface area contributed by atoms with E-state index in [0.29, 0.717) is 0 Å². The Morgan fingerprint density at radius 2 is 0.923 bits per heavy atom. The van der Waals surface area contributed by atoms with Crippen LogP contribution in [0.4, 0.5) is 0 Å². The Bertz CT molecular complexity index is 219. The van der Waals surface area contributed by atoms with Crippen molar-refractivity contribution >= 4 is 65.0 Å². The molecule has 4 radical (unpaired) electrons. The number of rotatable bonds is 0. The third-order valence-electron chi connectivity index (χ3n) is 0. The Kier molecular flexibility index (Phi) is 28.0. The summed E-state index contributed by atoms with van der Waals surface area (Å²) in [5.74, 6) is 0. The molecular formula is H8CrNiO8Pb2S. The average molecular weight is 693 g/mol. The molecule has 13 heteroatoms. The van der Waals surface area contributed by atoms with E-state index in [1.807, 2.05) is 0 Å². The predicted octanol–water partition coefficient (Wildman–Crippen LogP) is -3.84. The second-order valence-corrected chi connectivity index (χ2v) is 3.19. The van der Waals surface area contributed by atoms with Crippen LogP contribution in [0.5, 0.6) is 0 Å². The molecule has 0 aliphatic heterocycles. The molecule has 0 aromatic carbocycles. The zero-order chi connectivity index (χ0) is 9.00. The van der Waals surface area contributed by atoms with Gasteiger partial charge in [0.25, 0.3) is 0 Å². The van der Waals surface area contributed by atoms with Crippen molar-refractivity contribution in [2.45, 2.75) is 0 Å². The predicted molar refractivity (Wildman–Crippen MR) is 37.1 cm³/mol. The molecule has 0 saturated heterocycles. The summed E-state index contributed by atoms with van der Waals surface area (Å²) in [5.41, 5.74) is 0. The van der Waals surface area contributed by atoms with Crippen LogP contribution in [0.2, 0.25) is 0 Å². The molecule has 0 saturated carbocycles. The van der Waals surface area contributed by atoms with Crippen LogP contribution >= 0.6 is 0 Å². The van der Waals surface area contributed by atoms with Gasteiger partial charge in [-0.05, 0) is 0 Å². The van der Waals surface area contributed by atoms with Crippen LogP contribution in [-0.2, 0) is 48.1 Å². The maximum atomic E-state index is 8.82. The van der Waals surface area contributed by atoms with Crippen molar-refractivity contribution in [1.29, 1.82) is 0 Å². The van der Waals surface area contributed by atoms with Gasteiger partial charge in [-0.1, -0.05) is 0 Å². The third-order valence-corrected chi connectivity index (χ3v) is 0. The standard InChI is InChI=1S/Cr.Ni.H2O4S.2H2O.2O.2Pb.4H/c;;1-5(2,3)4;;;;;;;;;;/h;;(H2,1,2,3,4);2*1H2;;;;;;;;/q+2;;;;;;;;;;;;/p-2. The number of hydrogen-bond donors (Lipinski definition) is 4. The van der Waals surface area contributed by atoms with Crippen LogP contribution in [0, 0.1) is 0 Å². The normalized spacial score (nSPS) is 8.92. The molecule has 13 heavy (non-hydrogen) atoms. The van der Waals surface area contributed by atoms with E-state index in [4.69, 9.17) is 33.4 Å². The van der Waals surface area contributed by atoms with E-state index in [-0.39, 0.29) is 71.1 Å². The SMILES string of the molecule is O=S(=O)(O)O.[Ni].[O]=[Cr](=[O])([OH])[OH].[PbH2].[PbH2]. The quantitative estimate of drug-likeness (QED) is 0.149. The molecule has 0 aliphatic rings. The van der Waals surface area contributed by atoms with Gasteiger partial charge in [0.05, 0.1) is 0 Å². The van der Waals surface area contributed by atoms with Crippen LogP contribution < -0.4 is 0 Å². The van der Waals surface area contributed by atoms with Gasteiger partial charge in [0.2, 0.25) is 0 Å². The Hall–Kier alpha value is 2.26. The van der Waals surface area contributed by atoms with E-state index in [1.54, 1.807) is 0 Å². The summed E-state index contributed by atoms with van der Waals surface area (Å²) in [4.78, 5) is 0. The molecule has 0 rings (SSSR count). The fraction of sp³-hybridized carbons (Fsp3) is 0. The molecule has 0 spiro atoms. The topological polar surface area (TPSA) is 149 Å². The van der Waals surface area contributed by atoms with Crippen molar-refractivity contribution in [2.24, 2.45) is 0 Å². The first-order chi connectivity index (χ1) is 4.00. The van der Waals surface area contributed by atoms with Gasteiger partial charge in [-0.2, -0.15) is 8.42 Å². The molecule has 0 aromatic heterocycles. The minimum atomic E-state index is -5.25. The molecule has 4 N–H and O–H groups in total. The van der Waals surface area contributed by atoms with Gasteiger partial charge in [-0.3, -0.25) is 9.11 Å². The molecule has 0 fully saturated rings. The van der Waals surface area contributed by atoms with Crippen LogP contribution in [0.3, 0.4) is 0 Å². The van der Waals surface area contributed by atoms with E-state index in [2.05, 4.69) is 0 Å². The minimum absolute atomic E-state index is 0. The summed E-state index contributed by atoms with van der Waals surface area (Å²) < 4.78 is 63.5. The summed E-state index contributed by atoms with van der Waals surface area (Å²) in [6.07, 6.45) is 0. The van der Waals surface area contributed by atoms with Gasteiger partial charge in [-0.15, -0.1) is 0 Å². The van der Waals surface area contributed by atoms with Gasteiger partial charge in [-0.25, -0.2) is 0 Å². The van der Waals surface area contributed by atoms with Gasteiger partial charge in [0.1, 0.15) is 0 Å². The maximum absolute atomic E-state index is 8.82. The van der Waals surface area contributed by atoms with E-state index in [9.17, 15) is 0 Å². The molecule has 0 bridgehead atoms. The van der Waals surface area contributed by atoms with E-state index in [0.717, 1.165) is 0 Å². The summed E-state index contributed by atoms with van der Waals surface area (Å²) in [6, 6.07) is 0. The van der Waals surface area contributed by atoms with Crippen LogP contribution in [0.1, 0.15) is 0 Å². The summed E-state index contributed by atoms with van der Waals surface area (Å²) >= 11 is -5.25. The van der Waals surface area contributed by atoms with Crippen LogP contribution in [-0.4, -0.2) is 80.4 Å². The van der Waals surface area contributed by atoms with Crippen molar-refractivity contribution in [1.82, 2.24) is 0 Å². The molecular weight excluding hydrogens is 685 g/mol. The summed E-state index contributed by atoms with van der Waals surface area (Å²) in [7, 11) is -4.67. The van der Waals surface area contributed by atoms with Crippen molar-refractivity contribution in [2.75, 3.05) is 0 Å². The van der Waals surface area contributed by atoms with Crippen LogP contribution in [0.15, 0.2) is 0 Å². The van der Waals surface area contributed by atoms with Gasteiger partial charge in [0, 0.05) is 16.5 Å². The van der Waals surface area contributed by atoms with Crippen molar-refractivity contribution in [3.05, 3.63) is 0 Å². The monoisotopic (exact) mass is 694 g/mol. The van der Waals surface area contributed by atoms with Crippen molar-refractivity contribution < 1.29 is 63.6 Å². The van der Waals surface area contributed by atoms with Gasteiger partial charge >= 0.3 is 94.5 Å². The molecule has 0 atom stereocenters. The zero-order valence-corrected chi connectivity index (χ0v) is 20.0. The van der Waals surface area contributed by atoms with Crippen LogP contribution in [0.25, 0.3) is 0 Å². The third kappa shape index (κ3) is 420. The Balaban J connectivity index is -0.0000000267. The Morgan fingerprint density at radius 1 is 0.923 bits per heavy atom. The summed E-state index contributed by atoms with van der Waals surface area (Å²) in [6.45, 7) is 0. The van der Waals surface area contributed by atoms with Crippen molar-refractivity contribution in [3.63, 3.8) is 0 Å². The first-order valence-corrected chi connectivity index (χ1v) is 4.98. The fourth-order valence-electron chi connectivity index (χ4n) is 0. The molecule has 86 valence electrons. The van der Waals surface area contributed by atoms with Crippen molar-refractivity contribution in [3.8, 4) is 0 Å². The van der Waals surface area contributed by atoms with Gasteiger partial charge in [0.15, 0.2) is 0 Å². The Labute approximate surface area is 127 Å². The molecule has 0 amide bonds. The summed E-state index contributed by atoms with van der Waals surface area (Å²) in [5, 5.41) is 0. The molecule has 8 nitrogen and oxygen atoms in total. The first kappa shape index (κ1) is 29.5. The van der Waals surface area contributed by atoms with Gasteiger partial charge < -0.3 is 0 Å². The molecule has 0 aliphatic carbocycles. The first-order valence-electron chi connectivity index (χ1n) is 1.40. The fourth-order valence-corrected chi connectivity index (χ4v) is 0. The Morgan fingerprint density at radius 3 is 0.923 bits per heavy atom. The molecule has 0 aromatic rings. The van der Waals surface area contributed by atoms with E-state index >= 15 is 0 Å². The second kappa shape index (κ2) is 12.3. The molecule has 0 heterocycles. The molecule has 0 unspecified atom stereocenters. The average Bonchev–Trinajstić information content (AvgIpc) is 1.12.